The number of hydrogen-bond donors (Lipinski definition) is 5. The van der Waals surface area contributed by atoms with Gasteiger partial charge in [0.2, 0.25) is 0 Å². The molecule has 0 spiro atoms. The van der Waals surface area contributed by atoms with Crippen LogP contribution >= 0.6 is 35.7 Å². The molecule has 0 aromatic carbocycles. The second kappa shape index (κ2) is 8.52. The van der Waals surface area contributed by atoms with Crippen molar-refractivity contribution in [2.75, 3.05) is 0 Å². The van der Waals surface area contributed by atoms with Gasteiger partial charge in [-0.15, -0.1) is 0 Å². The van der Waals surface area contributed by atoms with Crippen LogP contribution in [0.5, 0.6) is 0 Å². The SMILES string of the molecule is O=c1[nH]c(=S)ccn1[C@@H]1O[C@H](OP(=O)(O)OP(=O)(O)OP(=O)(O)O)CC1(F)C(F)(F)F. The maximum atomic E-state index is 14.9. The van der Waals surface area contributed by atoms with Gasteiger partial charge in [-0.25, -0.2) is 22.9 Å². The van der Waals surface area contributed by atoms with Gasteiger partial charge in [-0.2, -0.15) is 21.8 Å². The zero-order valence-corrected chi connectivity index (χ0v) is 17.8. The van der Waals surface area contributed by atoms with Crippen LogP contribution in [0.4, 0.5) is 17.6 Å². The number of nitrogens with zero attached hydrogens (tertiary/aromatic N) is 1. The van der Waals surface area contributed by atoms with Crippen molar-refractivity contribution in [3.63, 3.8) is 0 Å². The molecule has 0 bridgehead atoms. The molecular weight excluding hydrogens is 529 g/mol. The molecule has 0 amide bonds. The molecule has 0 radical (unpaired) electrons. The number of hydrogen-bond acceptors (Lipinski definition) is 9. The lowest BCUT2D eigenvalue weighted by Gasteiger charge is -2.28. The Balaban J connectivity index is 2.32. The zero-order valence-electron chi connectivity index (χ0n) is 14.3. The summed E-state index contributed by atoms with van der Waals surface area (Å²) >= 11 is 4.59. The molecule has 2 heterocycles. The number of nitrogens with one attached hydrogen (secondary N) is 1. The van der Waals surface area contributed by atoms with Crippen LogP contribution in [-0.2, 0) is 31.6 Å². The van der Waals surface area contributed by atoms with Crippen molar-refractivity contribution in [1.29, 1.82) is 0 Å². The third kappa shape index (κ3) is 6.60. The van der Waals surface area contributed by atoms with E-state index in [1.165, 1.54) is 0 Å². The predicted octanol–water partition coefficient (Wildman–Crippen LogP) is 1.76. The highest BCUT2D eigenvalue weighted by Crippen LogP contribution is 2.67. The first-order valence-corrected chi connectivity index (χ1v) is 12.2. The van der Waals surface area contributed by atoms with Crippen LogP contribution in [0.1, 0.15) is 12.6 Å². The Morgan fingerprint density at radius 3 is 2.26 bits per heavy atom. The predicted molar refractivity (Wildman–Crippen MR) is 89.3 cm³/mol. The lowest BCUT2D eigenvalue weighted by Crippen LogP contribution is -2.47. The molecule has 1 aromatic rings. The van der Waals surface area contributed by atoms with Crippen molar-refractivity contribution in [2.45, 2.75) is 30.8 Å². The highest BCUT2D eigenvalue weighted by atomic mass is 32.1. The van der Waals surface area contributed by atoms with Crippen molar-refractivity contribution < 1.29 is 68.7 Å². The van der Waals surface area contributed by atoms with E-state index in [4.69, 9.17) is 14.7 Å². The second-order valence-electron chi connectivity index (χ2n) is 5.70. The Bertz CT molecular complexity index is 1100. The Hall–Kier alpha value is -0.810. The van der Waals surface area contributed by atoms with Gasteiger partial charge in [-0.1, -0.05) is 12.2 Å². The van der Waals surface area contributed by atoms with E-state index in [1.54, 1.807) is 0 Å². The van der Waals surface area contributed by atoms with Crippen molar-refractivity contribution >= 4 is 35.7 Å². The summed E-state index contributed by atoms with van der Waals surface area (Å²) in [6.45, 7) is 0. The average Bonchev–Trinajstić information content (AvgIpc) is 2.79. The number of ether oxygens (including phenoxy) is 1. The summed E-state index contributed by atoms with van der Waals surface area (Å²) in [6.07, 6.45) is -12.3. The van der Waals surface area contributed by atoms with E-state index in [2.05, 4.69) is 30.1 Å². The molecule has 0 aliphatic carbocycles. The van der Waals surface area contributed by atoms with E-state index in [9.17, 15) is 40.9 Å². The Morgan fingerprint density at radius 2 is 1.77 bits per heavy atom. The molecule has 3 unspecified atom stereocenters. The molecule has 22 heteroatoms. The Labute approximate surface area is 172 Å². The Kier molecular flexibility index (Phi) is 7.26. The van der Waals surface area contributed by atoms with Crippen LogP contribution in [0.3, 0.4) is 0 Å². The number of phosphoric ester groups is 1. The summed E-state index contributed by atoms with van der Waals surface area (Å²) in [5.74, 6) is 0. The van der Waals surface area contributed by atoms with Crippen molar-refractivity contribution in [1.82, 2.24) is 9.55 Å². The van der Waals surface area contributed by atoms with Gasteiger partial charge >= 0.3 is 35.3 Å². The Morgan fingerprint density at radius 1 is 1.19 bits per heavy atom. The smallest absolute Gasteiger partial charge is 0.325 e. The van der Waals surface area contributed by atoms with Crippen LogP contribution < -0.4 is 5.69 Å². The highest BCUT2D eigenvalue weighted by Gasteiger charge is 2.68. The number of phosphoric acid groups is 3. The van der Waals surface area contributed by atoms with Gasteiger partial charge in [0.15, 0.2) is 12.5 Å². The maximum Gasteiger partial charge on any atom is 0.490 e. The van der Waals surface area contributed by atoms with Crippen molar-refractivity contribution in [3.05, 3.63) is 27.4 Å². The van der Waals surface area contributed by atoms with Crippen LogP contribution in [0.2, 0.25) is 0 Å². The monoisotopic (exact) mass is 540 g/mol. The van der Waals surface area contributed by atoms with Crippen LogP contribution in [-0.4, -0.2) is 47.3 Å². The molecule has 14 nitrogen and oxygen atoms in total. The standard InChI is InChI=1S/C9H11F4N2O12P3S/c10-8(9(11,12)13)3-5(24-6(8)15-2-1-4(31)14-7(15)16)25-29(20,21)27-30(22,23)26-28(17,18)19/h1-2,5-6H,3H2,(H,20,21)(H,22,23)(H,14,16,31)(H2,17,18,19)/t5-,6-,8?/m1/s1. The minimum atomic E-state index is -5.99. The molecule has 1 aliphatic rings. The molecule has 178 valence electrons. The van der Waals surface area contributed by atoms with Gasteiger partial charge in [-0.3, -0.25) is 14.1 Å². The number of aromatic nitrogens is 2. The normalized spacial score (nSPS) is 28.8. The quantitative estimate of drug-likeness (QED) is 0.190. The molecule has 31 heavy (non-hydrogen) atoms. The van der Waals surface area contributed by atoms with Gasteiger partial charge in [0.05, 0.1) is 0 Å². The van der Waals surface area contributed by atoms with E-state index in [-0.39, 0.29) is 9.21 Å². The summed E-state index contributed by atoms with van der Waals surface area (Å²) in [5, 5.41) is 0. The highest BCUT2D eigenvalue weighted by molar-refractivity contribution is 7.71. The first-order valence-electron chi connectivity index (χ1n) is 7.29. The largest absolute Gasteiger partial charge is 0.490 e. The molecule has 5 N–H and O–H groups in total. The molecule has 1 fully saturated rings. The zero-order chi connectivity index (χ0) is 24.0. The lowest BCUT2D eigenvalue weighted by atomic mass is 10.0. The van der Waals surface area contributed by atoms with E-state index >= 15 is 0 Å². The number of halogens is 4. The number of H-pyrrole nitrogens is 1. The van der Waals surface area contributed by atoms with Gasteiger partial charge in [0.1, 0.15) is 4.64 Å². The summed E-state index contributed by atoms with van der Waals surface area (Å²) in [4.78, 5) is 49.0. The van der Waals surface area contributed by atoms with Crippen LogP contribution in [0, 0.1) is 4.64 Å². The molecular formula is C9H11F4N2O12P3S. The van der Waals surface area contributed by atoms with E-state index < -0.39 is 59.9 Å². The van der Waals surface area contributed by atoms with Gasteiger partial charge in [0, 0.05) is 12.6 Å². The van der Waals surface area contributed by atoms with Crippen molar-refractivity contribution in [3.8, 4) is 0 Å². The molecule has 1 saturated heterocycles. The van der Waals surface area contributed by atoms with Gasteiger partial charge in [-0.05, 0) is 6.07 Å². The third-order valence-electron chi connectivity index (χ3n) is 3.38. The molecule has 0 saturated carbocycles. The summed E-state index contributed by atoms with van der Waals surface area (Å²) in [6, 6.07) is 0.909. The van der Waals surface area contributed by atoms with E-state index in [0.717, 1.165) is 6.07 Å². The molecule has 1 aliphatic heterocycles. The van der Waals surface area contributed by atoms with Crippen molar-refractivity contribution in [2.24, 2.45) is 0 Å². The number of rotatable bonds is 7. The fraction of sp³-hybridized carbons (Fsp3) is 0.556. The van der Waals surface area contributed by atoms with Crippen LogP contribution in [0.15, 0.2) is 17.1 Å². The number of aromatic amines is 1. The van der Waals surface area contributed by atoms with Gasteiger partial charge in [0.25, 0.3) is 5.67 Å². The minimum Gasteiger partial charge on any atom is -0.325 e. The minimum absolute atomic E-state index is 0.0869. The first kappa shape index (κ1) is 26.4. The average molecular weight is 540 g/mol. The van der Waals surface area contributed by atoms with Crippen LogP contribution in [0.25, 0.3) is 0 Å². The number of alkyl halides is 4. The molecule has 5 atom stereocenters. The maximum absolute atomic E-state index is 14.9. The fourth-order valence-electron chi connectivity index (χ4n) is 2.31. The van der Waals surface area contributed by atoms with Gasteiger partial charge < -0.3 is 24.3 Å². The molecule has 2 rings (SSSR count). The van der Waals surface area contributed by atoms with E-state index in [0.29, 0.717) is 6.20 Å². The summed E-state index contributed by atoms with van der Waals surface area (Å²) < 4.78 is 104. The second-order valence-corrected chi connectivity index (χ2v) is 10.5. The summed E-state index contributed by atoms with van der Waals surface area (Å²) in [5.41, 5.74) is -5.72. The van der Waals surface area contributed by atoms with E-state index in [1.807, 2.05) is 4.98 Å². The fourth-order valence-corrected chi connectivity index (χ4v) is 5.54. The molecule has 1 aromatic heterocycles. The lowest BCUT2D eigenvalue weighted by molar-refractivity contribution is -0.257. The third-order valence-corrected chi connectivity index (χ3v) is 7.44. The topological polar surface area (TPSA) is 207 Å². The first-order chi connectivity index (χ1) is 13.7. The summed E-state index contributed by atoms with van der Waals surface area (Å²) in [7, 11) is -17.7.